The van der Waals surface area contributed by atoms with E-state index >= 15 is 0 Å². The standard InChI is InChI=1S/C17H16N6O3/c1-23-9-11(21-15(24)14-3-2-10(7-18)8-20-14)6-12(16(23)25)13-4-5-26-17(19)22-13/h2-3,6,8-9,13H,4-5H2,1H3,(H2,19,22)(H,21,24). The second-order valence-corrected chi connectivity index (χ2v) is 5.72. The smallest absolute Gasteiger partial charge is 0.282 e. The zero-order valence-electron chi connectivity index (χ0n) is 14.0. The van der Waals surface area contributed by atoms with Crippen molar-refractivity contribution < 1.29 is 9.53 Å². The summed E-state index contributed by atoms with van der Waals surface area (Å²) in [5, 5.41) is 11.5. The Morgan fingerprint density at radius 1 is 1.50 bits per heavy atom. The van der Waals surface area contributed by atoms with Gasteiger partial charge in [0.2, 0.25) is 0 Å². The lowest BCUT2D eigenvalue weighted by Gasteiger charge is -2.20. The Hall–Kier alpha value is -3.67. The minimum atomic E-state index is -0.450. The Kier molecular flexibility index (Phi) is 4.66. The summed E-state index contributed by atoms with van der Waals surface area (Å²) in [7, 11) is 1.59. The van der Waals surface area contributed by atoms with Gasteiger partial charge in [0.25, 0.3) is 17.5 Å². The van der Waals surface area contributed by atoms with Crippen LogP contribution in [0.5, 0.6) is 0 Å². The normalized spacial score (nSPS) is 16.2. The number of nitrogens with one attached hydrogen (secondary N) is 1. The number of hydrogen-bond acceptors (Lipinski definition) is 7. The number of nitrogens with zero attached hydrogens (tertiary/aromatic N) is 4. The molecule has 1 aliphatic heterocycles. The van der Waals surface area contributed by atoms with Crippen LogP contribution >= 0.6 is 0 Å². The third-order valence-corrected chi connectivity index (χ3v) is 3.88. The van der Waals surface area contributed by atoms with Crippen LogP contribution in [0, 0.1) is 11.3 Å². The van der Waals surface area contributed by atoms with Crippen LogP contribution in [0.4, 0.5) is 5.69 Å². The number of amidine groups is 1. The number of carbonyl (C=O) groups is 1. The topological polar surface area (TPSA) is 135 Å². The lowest BCUT2D eigenvalue weighted by molar-refractivity contribution is 0.102. The van der Waals surface area contributed by atoms with Crippen LogP contribution in [0.25, 0.3) is 0 Å². The fourth-order valence-corrected chi connectivity index (χ4v) is 2.59. The summed E-state index contributed by atoms with van der Waals surface area (Å²) in [6, 6.07) is 6.10. The van der Waals surface area contributed by atoms with Crippen molar-refractivity contribution >= 4 is 17.6 Å². The van der Waals surface area contributed by atoms with Crippen LogP contribution in [0.1, 0.15) is 34.1 Å². The predicted octanol–water partition coefficient (Wildman–Crippen LogP) is 0.680. The van der Waals surface area contributed by atoms with Gasteiger partial charge in [-0.2, -0.15) is 5.26 Å². The summed E-state index contributed by atoms with van der Waals surface area (Å²) < 4.78 is 6.46. The van der Waals surface area contributed by atoms with Gasteiger partial charge in [-0.3, -0.25) is 9.59 Å². The maximum atomic E-state index is 12.4. The monoisotopic (exact) mass is 352 g/mol. The van der Waals surface area contributed by atoms with Crippen molar-refractivity contribution in [3.63, 3.8) is 0 Å². The molecule has 132 valence electrons. The average molecular weight is 352 g/mol. The van der Waals surface area contributed by atoms with Gasteiger partial charge in [-0.15, -0.1) is 0 Å². The largest absolute Gasteiger partial charge is 0.465 e. The van der Waals surface area contributed by atoms with Crippen molar-refractivity contribution in [2.24, 2.45) is 17.8 Å². The zero-order valence-corrected chi connectivity index (χ0v) is 14.0. The first kappa shape index (κ1) is 17.2. The molecule has 0 spiro atoms. The third kappa shape index (κ3) is 3.54. The summed E-state index contributed by atoms with van der Waals surface area (Å²) in [6.07, 6.45) is 3.35. The van der Waals surface area contributed by atoms with Crippen molar-refractivity contribution in [3.05, 3.63) is 57.8 Å². The fourth-order valence-electron chi connectivity index (χ4n) is 2.59. The first-order chi connectivity index (χ1) is 12.5. The highest BCUT2D eigenvalue weighted by atomic mass is 16.5. The minimum Gasteiger partial charge on any atom is -0.465 e. The van der Waals surface area contributed by atoms with Gasteiger partial charge in [-0.1, -0.05) is 0 Å². The van der Waals surface area contributed by atoms with Crippen molar-refractivity contribution in [2.75, 3.05) is 11.9 Å². The van der Waals surface area contributed by atoms with E-state index in [1.807, 2.05) is 6.07 Å². The molecule has 0 radical (unpaired) electrons. The molecule has 1 atom stereocenters. The summed E-state index contributed by atoms with van der Waals surface area (Å²) in [6.45, 7) is 0.370. The second-order valence-electron chi connectivity index (χ2n) is 5.72. The molecule has 2 aromatic rings. The van der Waals surface area contributed by atoms with E-state index in [-0.39, 0.29) is 17.3 Å². The molecule has 0 saturated heterocycles. The maximum absolute atomic E-state index is 12.4. The number of aliphatic imine (C=N–C) groups is 1. The van der Waals surface area contributed by atoms with Gasteiger partial charge in [0.1, 0.15) is 11.8 Å². The Bertz CT molecular complexity index is 971. The van der Waals surface area contributed by atoms with E-state index in [4.69, 9.17) is 15.7 Å². The number of amides is 1. The van der Waals surface area contributed by atoms with Crippen LogP contribution in [-0.4, -0.2) is 28.1 Å². The molecule has 3 rings (SSSR count). The van der Waals surface area contributed by atoms with Crippen LogP contribution in [-0.2, 0) is 11.8 Å². The summed E-state index contributed by atoms with van der Waals surface area (Å²) >= 11 is 0. The molecular weight excluding hydrogens is 336 g/mol. The molecule has 9 nitrogen and oxygen atoms in total. The fraction of sp³-hybridized carbons (Fsp3) is 0.235. The molecule has 9 heteroatoms. The van der Waals surface area contributed by atoms with Crippen molar-refractivity contribution in [1.82, 2.24) is 9.55 Å². The number of hydrogen-bond donors (Lipinski definition) is 2. The molecule has 1 aliphatic rings. The van der Waals surface area contributed by atoms with Gasteiger partial charge < -0.3 is 20.4 Å². The number of carbonyl (C=O) groups excluding carboxylic acids is 1. The molecular formula is C17H16N6O3. The molecule has 26 heavy (non-hydrogen) atoms. The molecule has 0 aromatic carbocycles. The molecule has 0 fully saturated rings. The van der Waals surface area contributed by atoms with Gasteiger partial charge >= 0.3 is 0 Å². The third-order valence-electron chi connectivity index (χ3n) is 3.88. The molecule has 1 unspecified atom stereocenters. The lowest BCUT2D eigenvalue weighted by atomic mass is 10.1. The van der Waals surface area contributed by atoms with Crippen molar-refractivity contribution in [3.8, 4) is 6.07 Å². The van der Waals surface area contributed by atoms with Gasteiger partial charge in [-0.25, -0.2) is 9.98 Å². The van der Waals surface area contributed by atoms with E-state index in [1.54, 1.807) is 13.1 Å². The number of anilines is 1. The Labute approximate surface area is 148 Å². The Balaban J connectivity index is 1.88. The molecule has 0 bridgehead atoms. The summed E-state index contributed by atoms with van der Waals surface area (Å²) in [4.78, 5) is 32.9. The minimum absolute atomic E-state index is 0.0412. The summed E-state index contributed by atoms with van der Waals surface area (Å²) in [5.74, 6) is -0.450. The molecule has 2 aromatic heterocycles. The average Bonchev–Trinajstić information content (AvgIpc) is 2.64. The predicted molar refractivity (Wildman–Crippen MR) is 93.5 cm³/mol. The molecule has 0 saturated carbocycles. The number of nitriles is 1. The van der Waals surface area contributed by atoms with E-state index in [0.29, 0.717) is 29.8 Å². The van der Waals surface area contributed by atoms with Gasteiger partial charge in [-0.05, 0) is 18.2 Å². The highest BCUT2D eigenvalue weighted by Gasteiger charge is 2.21. The van der Waals surface area contributed by atoms with E-state index < -0.39 is 11.9 Å². The quantitative estimate of drug-likeness (QED) is 0.834. The number of rotatable bonds is 3. The maximum Gasteiger partial charge on any atom is 0.282 e. The van der Waals surface area contributed by atoms with Crippen molar-refractivity contribution in [1.29, 1.82) is 5.26 Å². The van der Waals surface area contributed by atoms with Gasteiger partial charge in [0, 0.05) is 31.4 Å². The molecule has 0 aliphatic carbocycles. The Morgan fingerprint density at radius 3 is 2.96 bits per heavy atom. The highest BCUT2D eigenvalue weighted by Crippen LogP contribution is 2.23. The van der Waals surface area contributed by atoms with E-state index in [0.717, 1.165) is 0 Å². The highest BCUT2D eigenvalue weighted by molar-refractivity contribution is 6.02. The number of aromatic nitrogens is 2. The molecule has 3 heterocycles. The van der Waals surface area contributed by atoms with Crippen LogP contribution in [0.3, 0.4) is 0 Å². The lowest BCUT2D eigenvalue weighted by Crippen LogP contribution is -2.29. The number of nitrogens with two attached hydrogens (primary N) is 1. The first-order valence-corrected chi connectivity index (χ1v) is 7.82. The number of aryl methyl sites for hydroxylation is 1. The van der Waals surface area contributed by atoms with Gasteiger partial charge in [0.15, 0.2) is 0 Å². The molecule has 1 amide bonds. The first-order valence-electron chi connectivity index (χ1n) is 7.82. The van der Waals surface area contributed by atoms with Crippen LogP contribution < -0.4 is 16.6 Å². The molecule has 3 N–H and O–H groups in total. The SMILES string of the molecule is Cn1cc(NC(=O)c2ccc(C#N)cn2)cc(C2CCOC(N)=N2)c1=O. The van der Waals surface area contributed by atoms with Crippen LogP contribution in [0.15, 0.2) is 40.4 Å². The van der Waals surface area contributed by atoms with E-state index in [1.165, 1.54) is 29.1 Å². The van der Waals surface area contributed by atoms with Crippen molar-refractivity contribution in [2.45, 2.75) is 12.5 Å². The summed E-state index contributed by atoms with van der Waals surface area (Å²) in [5.41, 5.74) is 6.74. The van der Waals surface area contributed by atoms with E-state index in [2.05, 4.69) is 15.3 Å². The number of pyridine rings is 2. The van der Waals surface area contributed by atoms with E-state index in [9.17, 15) is 9.59 Å². The van der Waals surface area contributed by atoms with Crippen LogP contribution in [0.2, 0.25) is 0 Å². The zero-order chi connectivity index (χ0) is 18.7. The van der Waals surface area contributed by atoms with Gasteiger partial charge in [0.05, 0.1) is 23.9 Å². The number of ether oxygens (including phenoxy) is 1. The Morgan fingerprint density at radius 2 is 2.31 bits per heavy atom. The second kappa shape index (κ2) is 7.06.